The number of rotatable bonds is 1. The van der Waals surface area contributed by atoms with Gasteiger partial charge in [0.15, 0.2) is 0 Å². The van der Waals surface area contributed by atoms with Crippen LogP contribution in [0, 0.1) is 0 Å². The van der Waals surface area contributed by atoms with E-state index < -0.39 is 22.9 Å². The van der Waals surface area contributed by atoms with Crippen molar-refractivity contribution in [1.82, 2.24) is 0 Å². The van der Waals surface area contributed by atoms with E-state index in [2.05, 4.69) is 5.73 Å². The summed E-state index contributed by atoms with van der Waals surface area (Å²) in [4.78, 5) is 10.3. The summed E-state index contributed by atoms with van der Waals surface area (Å²) in [6, 6.07) is 1.55. The van der Waals surface area contributed by atoms with Crippen LogP contribution in [-0.4, -0.2) is 6.03 Å². The van der Waals surface area contributed by atoms with Gasteiger partial charge in [0.2, 0.25) is 0 Å². The number of carbonyl (C=O) groups excluding carboxylic acids is 1. The molecule has 0 saturated carbocycles. The molecule has 0 unspecified atom stereocenters. The molecule has 0 saturated heterocycles. The molecule has 1 aromatic rings. The van der Waals surface area contributed by atoms with E-state index in [-0.39, 0.29) is 5.69 Å². The van der Waals surface area contributed by atoms with Crippen LogP contribution in [0.1, 0.15) is 5.56 Å². The molecule has 0 atom stereocenters. The number of halogens is 4. The molecule has 0 heterocycles. The second kappa shape index (κ2) is 3.76. The van der Waals surface area contributed by atoms with Gasteiger partial charge in [0.05, 0.1) is 11.3 Å². The van der Waals surface area contributed by atoms with Gasteiger partial charge in [0.25, 0.3) is 0 Å². The van der Waals surface area contributed by atoms with Crippen molar-refractivity contribution in [2.75, 3.05) is 5.12 Å². The molecule has 0 aliphatic heterocycles. The van der Waals surface area contributed by atoms with Gasteiger partial charge in [-0.1, -0.05) is 4.48 Å². The first-order chi connectivity index (χ1) is 6.82. The lowest BCUT2D eigenvalue weighted by Crippen LogP contribution is -2.28. The van der Waals surface area contributed by atoms with Crippen LogP contribution < -0.4 is 10.9 Å². The minimum Gasteiger partial charge on any atom is -0.349 e. The third-order valence-electron chi connectivity index (χ3n) is 1.61. The SMILES string of the molecule is NC(=O)N(F)c1ccc(C(F)(F)F)cc1. The summed E-state index contributed by atoms with van der Waals surface area (Å²) in [5, 5.41) is -0.444. The lowest BCUT2D eigenvalue weighted by molar-refractivity contribution is -0.137. The zero-order valence-electron chi connectivity index (χ0n) is 7.25. The first kappa shape index (κ1) is 11.3. The molecule has 1 rings (SSSR count). The number of benzene rings is 1. The molecule has 0 radical (unpaired) electrons. The molecule has 0 aromatic heterocycles. The fourth-order valence-corrected chi connectivity index (χ4v) is 0.909. The minimum absolute atomic E-state index is 0.351. The van der Waals surface area contributed by atoms with Crippen molar-refractivity contribution < 1.29 is 22.4 Å². The van der Waals surface area contributed by atoms with Gasteiger partial charge in [0.1, 0.15) is 0 Å². The topological polar surface area (TPSA) is 46.3 Å². The van der Waals surface area contributed by atoms with Crippen molar-refractivity contribution in [1.29, 1.82) is 0 Å². The van der Waals surface area contributed by atoms with Crippen LogP contribution in [-0.2, 0) is 6.18 Å². The molecule has 7 heteroatoms. The molecule has 0 fully saturated rings. The standard InChI is InChI=1S/C8H6F4N2O/c9-8(10,11)5-1-3-6(4-2-5)14(12)7(13)15/h1-4H,(H2,13,15). The summed E-state index contributed by atoms with van der Waals surface area (Å²) in [6.07, 6.45) is -4.49. The Morgan fingerprint density at radius 2 is 1.67 bits per heavy atom. The summed E-state index contributed by atoms with van der Waals surface area (Å²) in [5.74, 6) is 0. The normalized spacial score (nSPS) is 11.2. The van der Waals surface area contributed by atoms with Crippen molar-refractivity contribution in [2.24, 2.45) is 5.73 Å². The Morgan fingerprint density at radius 1 is 1.20 bits per heavy atom. The molecular weight excluding hydrogens is 216 g/mol. The van der Waals surface area contributed by atoms with Gasteiger partial charge in [-0.2, -0.15) is 13.2 Å². The summed E-state index contributed by atoms with van der Waals surface area (Å²) in [5.41, 5.74) is 3.30. The van der Waals surface area contributed by atoms with Crippen LogP contribution in [0.5, 0.6) is 0 Å². The van der Waals surface area contributed by atoms with Gasteiger partial charge in [-0.15, -0.1) is 5.12 Å². The number of primary amides is 1. The van der Waals surface area contributed by atoms with Crippen LogP contribution in [0.3, 0.4) is 0 Å². The van der Waals surface area contributed by atoms with Gasteiger partial charge in [0, 0.05) is 0 Å². The zero-order chi connectivity index (χ0) is 11.6. The molecule has 82 valence electrons. The van der Waals surface area contributed by atoms with E-state index in [0.29, 0.717) is 12.1 Å². The Labute approximate surface area is 82.0 Å². The molecule has 1 aromatic carbocycles. The Kier molecular flexibility index (Phi) is 2.83. The highest BCUT2D eigenvalue weighted by Gasteiger charge is 2.30. The fraction of sp³-hybridized carbons (Fsp3) is 0.125. The third kappa shape index (κ3) is 2.58. The monoisotopic (exact) mass is 222 g/mol. The zero-order valence-corrected chi connectivity index (χ0v) is 7.25. The van der Waals surface area contributed by atoms with Gasteiger partial charge < -0.3 is 5.73 Å². The first-order valence-electron chi connectivity index (χ1n) is 3.75. The number of hydrogen-bond acceptors (Lipinski definition) is 1. The number of alkyl halides is 3. The number of hydrogen-bond donors (Lipinski definition) is 1. The maximum Gasteiger partial charge on any atom is 0.416 e. The Hall–Kier alpha value is -1.79. The largest absolute Gasteiger partial charge is 0.416 e. The quantitative estimate of drug-likeness (QED) is 0.575. The van der Waals surface area contributed by atoms with Crippen LogP contribution in [0.25, 0.3) is 0 Å². The minimum atomic E-state index is -4.49. The lowest BCUT2D eigenvalue weighted by Gasteiger charge is -2.10. The van der Waals surface area contributed by atoms with E-state index in [0.717, 1.165) is 12.1 Å². The smallest absolute Gasteiger partial charge is 0.349 e. The van der Waals surface area contributed by atoms with Crippen molar-refractivity contribution in [3.8, 4) is 0 Å². The summed E-state index contributed by atoms with van der Waals surface area (Å²) < 4.78 is 49.0. The fourth-order valence-electron chi connectivity index (χ4n) is 0.909. The van der Waals surface area contributed by atoms with Crippen molar-refractivity contribution >= 4 is 11.7 Å². The van der Waals surface area contributed by atoms with Crippen molar-refractivity contribution in [3.05, 3.63) is 29.8 Å². The second-order valence-corrected chi connectivity index (χ2v) is 2.66. The van der Waals surface area contributed by atoms with Gasteiger partial charge in [-0.25, -0.2) is 4.79 Å². The number of nitrogens with two attached hydrogens (primary N) is 1. The Morgan fingerprint density at radius 3 is 2.00 bits per heavy atom. The van der Waals surface area contributed by atoms with E-state index in [9.17, 15) is 22.4 Å². The number of anilines is 1. The second-order valence-electron chi connectivity index (χ2n) is 2.66. The molecule has 3 nitrogen and oxygen atoms in total. The maximum absolute atomic E-state index is 12.8. The van der Waals surface area contributed by atoms with Gasteiger partial charge in [-0.05, 0) is 24.3 Å². The highest BCUT2D eigenvalue weighted by Crippen LogP contribution is 2.30. The summed E-state index contributed by atoms with van der Waals surface area (Å²) in [6.45, 7) is 0. The van der Waals surface area contributed by atoms with Crippen LogP contribution in [0.4, 0.5) is 28.1 Å². The summed E-state index contributed by atoms with van der Waals surface area (Å²) in [7, 11) is 0. The molecule has 0 spiro atoms. The van der Waals surface area contributed by atoms with Crippen molar-refractivity contribution in [3.63, 3.8) is 0 Å². The molecule has 0 bridgehead atoms. The average molecular weight is 222 g/mol. The first-order valence-corrected chi connectivity index (χ1v) is 3.75. The molecule has 0 aliphatic carbocycles. The number of urea groups is 1. The van der Waals surface area contributed by atoms with Crippen LogP contribution in [0.2, 0.25) is 0 Å². The van der Waals surface area contributed by atoms with E-state index in [1.807, 2.05) is 0 Å². The Bertz CT molecular complexity index is 360. The van der Waals surface area contributed by atoms with E-state index in [1.165, 1.54) is 0 Å². The highest BCUT2D eigenvalue weighted by atomic mass is 19.4. The van der Waals surface area contributed by atoms with E-state index >= 15 is 0 Å². The van der Waals surface area contributed by atoms with Crippen LogP contribution in [0.15, 0.2) is 24.3 Å². The number of nitrogens with zero attached hydrogens (tertiary/aromatic N) is 1. The molecular formula is C8H6F4N2O. The Balaban J connectivity index is 2.95. The molecule has 2 amide bonds. The van der Waals surface area contributed by atoms with Crippen LogP contribution >= 0.6 is 0 Å². The predicted molar refractivity (Wildman–Crippen MR) is 44.6 cm³/mol. The molecule has 15 heavy (non-hydrogen) atoms. The van der Waals surface area contributed by atoms with E-state index in [4.69, 9.17) is 0 Å². The number of amides is 2. The lowest BCUT2D eigenvalue weighted by atomic mass is 10.2. The molecule has 0 aliphatic rings. The average Bonchev–Trinajstić information content (AvgIpc) is 2.15. The van der Waals surface area contributed by atoms with Gasteiger partial charge in [-0.3, -0.25) is 0 Å². The predicted octanol–water partition coefficient (Wildman–Crippen LogP) is 2.48. The summed E-state index contributed by atoms with van der Waals surface area (Å²) >= 11 is 0. The maximum atomic E-state index is 12.8. The highest BCUT2D eigenvalue weighted by molar-refractivity contribution is 5.88. The third-order valence-corrected chi connectivity index (χ3v) is 1.61. The van der Waals surface area contributed by atoms with E-state index in [1.54, 1.807) is 0 Å². The van der Waals surface area contributed by atoms with Crippen molar-refractivity contribution in [2.45, 2.75) is 6.18 Å². The van der Waals surface area contributed by atoms with Gasteiger partial charge >= 0.3 is 12.2 Å². The molecule has 2 N–H and O–H groups in total. The number of carbonyl (C=O) groups is 1.